The SMILES string of the molecule is CCOS(=O)(=O)C1=C(c2cccnc2)C=C(Cl)CC1. The van der Waals surface area contributed by atoms with Crippen LogP contribution in [-0.4, -0.2) is 20.0 Å². The summed E-state index contributed by atoms with van der Waals surface area (Å²) >= 11 is 6.02. The molecule has 102 valence electrons. The van der Waals surface area contributed by atoms with Crippen molar-refractivity contribution in [2.45, 2.75) is 19.8 Å². The van der Waals surface area contributed by atoms with Crippen LogP contribution in [-0.2, 0) is 14.3 Å². The summed E-state index contributed by atoms with van der Waals surface area (Å²) in [7, 11) is -3.71. The first kappa shape index (κ1) is 14.2. The van der Waals surface area contributed by atoms with Gasteiger partial charge in [0, 0.05) is 28.6 Å². The van der Waals surface area contributed by atoms with Crippen LogP contribution in [0.2, 0.25) is 0 Å². The van der Waals surface area contributed by atoms with E-state index in [9.17, 15) is 8.42 Å². The van der Waals surface area contributed by atoms with Crippen molar-refractivity contribution in [1.82, 2.24) is 4.98 Å². The predicted octanol–water partition coefficient (Wildman–Crippen LogP) is 3.08. The molecule has 0 radical (unpaired) electrons. The quantitative estimate of drug-likeness (QED) is 0.802. The lowest BCUT2D eigenvalue weighted by Crippen LogP contribution is -2.12. The number of pyridine rings is 1. The standard InChI is InChI=1S/C13H14ClNO3S/c1-2-18-19(16,17)13-6-5-11(14)8-12(13)10-4-3-7-15-9-10/h3-4,7-9H,2,5-6H2,1H3. The van der Waals surface area contributed by atoms with Crippen molar-refractivity contribution in [2.24, 2.45) is 0 Å². The van der Waals surface area contributed by atoms with Crippen LogP contribution in [0.25, 0.3) is 5.57 Å². The summed E-state index contributed by atoms with van der Waals surface area (Å²) in [5.74, 6) is 0. The van der Waals surface area contributed by atoms with Gasteiger partial charge in [-0.15, -0.1) is 0 Å². The molecule has 1 aromatic rings. The lowest BCUT2D eigenvalue weighted by molar-refractivity contribution is 0.342. The van der Waals surface area contributed by atoms with E-state index in [1.54, 1.807) is 37.5 Å². The number of allylic oxidation sites excluding steroid dienone is 4. The molecule has 0 amide bonds. The Balaban J connectivity index is 2.58. The first-order valence-corrected chi connectivity index (χ1v) is 7.72. The maximum absolute atomic E-state index is 12.1. The fourth-order valence-electron chi connectivity index (χ4n) is 1.93. The maximum atomic E-state index is 12.1. The largest absolute Gasteiger partial charge is 0.293 e. The minimum absolute atomic E-state index is 0.115. The molecular weight excluding hydrogens is 286 g/mol. The number of halogens is 1. The third-order valence-corrected chi connectivity index (χ3v) is 4.61. The summed E-state index contributed by atoms with van der Waals surface area (Å²) in [5.41, 5.74) is 1.29. The Morgan fingerprint density at radius 1 is 1.42 bits per heavy atom. The zero-order valence-electron chi connectivity index (χ0n) is 10.5. The minimum atomic E-state index is -3.71. The van der Waals surface area contributed by atoms with E-state index in [2.05, 4.69) is 4.98 Å². The second-order valence-corrected chi connectivity index (χ2v) is 6.15. The molecule has 0 saturated heterocycles. The molecule has 1 aromatic heterocycles. The van der Waals surface area contributed by atoms with Crippen LogP contribution in [0.4, 0.5) is 0 Å². The van der Waals surface area contributed by atoms with Gasteiger partial charge in [0.25, 0.3) is 10.1 Å². The van der Waals surface area contributed by atoms with E-state index in [-0.39, 0.29) is 11.5 Å². The number of rotatable bonds is 4. The van der Waals surface area contributed by atoms with E-state index in [1.807, 2.05) is 0 Å². The lowest BCUT2D eigenvalue weighted by Gasteiger charge is -2.17. The van der Waals surface area contributed by atoms with Gasteiger partial charge in [-0.05, 0) is 31.9 Å². The Bertz CT molecular complexity index is 621. The van der Waals surface area contributed by atoms with Crippen molar-refractivity contribution in [3.05, 3.63) is 46.1 Å². The molecule has 19 heavy (non-hydrogen) atoms. The topological polar surface area (TPSA) is 56.3 Å². The molecule has 6 heteroatoms. The average molecular weight is 300 g/mol. The van der Waals surface area contributed by atoms with E-state index >= 15 is 0 Å². The summed E-state index contributed by atoms with van der Waals surface area (Å²) in [4.78, 5) is 4.28. The van der Waals surface area contributed by atoms with Gasteiger partial charge in [-0.2, -0.15) is 8.42 Å². The lowest BCUT2D eigenvalue weighted by atomic mass is 10.0. The van der Waals surface area contributed by atoms with E-state index in [4.69, 9.17) is 15.8 Å². The van der Waals surface area contributed by atoms with Gasteiger partial charge in [0.15, 0.2) is 0 Å². The Labute approximate surface area is 117 Å². The molecule has 0 N–H and O–H groups in total. The number of aromatic nitrogens is 1. The molecule has 4 nitrogen and oxygen atoms in total. The summed E-state index contributed by atoms with van der Waals surface area (Å²) in [6, 6.07) is 3.55. The molecule has 2 rings (SSSR count). The van der Waals surface area contributed by atoms with E-state index in [1.165, 1.54) is 0 Å². The van der Waals surface area contributed by atoms with Crippen molar-refractivity contribution < 1.29 is 12.6 Å². The van der Waals surface area contributed by atoms with Crippen molar-refractivity contribution in [2.75, 3.05) is 6.61 Å². The van der Waals surface area contributed by atoms with Gasteiger partial charge in [0.05, 0.1) is 11.5 Å². The van der Waals surface area contributed by atoms with Crippen molar-refractivity contribution in [3.63, 3.8) is 0 Å². The third kappa shape index (κ3) is 3.23. The molecule has 0 aromatic carbocycles. The van der Waals surface area contributed by atoms with Crippen molar-refractivity contribution in [1.29, 1.82) is 0 Å². The molecular formula is C13H14ClNO3S. The summed E-state index contributed by atoms with van der Waals surface area (Å²) in [6.07, 6.45) is 5.78. The second kappa shape index (κ2) is 5.86. The molecule has 0 unspecified atom stereocenters. The zero-order chi connectivity index (χ0) is 13.9. The van der Waals surface area contributed by atoms with Crippen molar-refractivity contribution >= 4 is 27.3 Å². The molecule has 1 heterocycles. The van der Waals surface area contributed by atoms with E-state index in [0.29, 0.717) is 23.4 Å². The van der Waals surface area contributed by atoms with Crippen LogP contribution < -0.4 is 0 Å². The summed E-state index contributed by atoms with van der Waals surface area (Å²) in [5, 5.41) is 0.634. The van der Waals surface area contributed by atoms with Gasteiger partial charge in [0.2, 0.25) is 0 Å². The van der Waals surface area contributed by atoms with Gasteiger partial charge in [-0.25, -0.2) is 0 Å². The van der Waals surface area contributed by atoms with Crippen LogP contribution >= 0.6 is 11.6 Å². The fraction of sp³-hybridized carbons (Fsp3) is 0.308. The van der Waals surface area contributed by atoms with Gasteiger partial charge in [-0.3, -0.25) is 9.17 Å². The Morgan fingerprint density at radius 2 is 2.21 bits per heavy atom. The van der Waals surface area contributed by atoms with Crippen LogP contribution in [0.1, 0.15) is 25.3 Å². The van der Waals surface area contributed by atoms with E-state index < -0.39 is 10.1 Å². The first-order valence-electron chi connectivity index (χ1n) is 5.93. The van der Waals surface area contributed by atoms with Gasteiger partial charge in [0.1, 0.15) is 0 Å². The zero-order valence-corrected chi connectivity index (χ0v) is 12.0. The highest BCUT2D eigenvalue weighted by Gasteiger charge is 2.25. The monoisotopic (exact) mass is 299 g/mol. The van der Waals surface area contributed by atoms with Crippen LogP contribution in [0.3, 0.4) is 0 Å². The third-order valence-electron chi connectivity index (χ3n) is 2.74. The number of hydrogen-bond acceptors (Lipinski definition) is 4. The molecule has 0 spiro atoms. The van der Waals surface area contributed by atoms with Crippen LogP contribution in [0.5, 0.6) is 0 Å². The predicted molar refractivity (Wildman–Crippen MR) is 74.9 cm³/mol. The number of hydrogen-bond donors (Lipinski definition) is 0. The van der Waals surface area contributed by atoms with Gasteiger partial charge in [-0.1, -0.05) is 17.7 Å². The minimum Gasteiger partial charge on any atom is -0.267 e. The maximum Gasteiger partial charge on any atom is 0.293 e. The molecule has 0 fully saturated rings. The molecule has 0 atom stereocenters. The smallest absolute Gasteiger partial charge is 0.267 e. The Hall–Kier alpha value is -1.17. The normalized spacial score (nSPS) is 16.4. The average Bonchev–Trinajstić information content (AvgIpc) is 2.39. The Kier molecular flexibility index (Phi) is 4.39. The Morgan fingerprint density at radius 3 is 2.84 bits per heavy atom. The van der Waals surface area contributed by atoms with Crippen LogP contribution in [0.15, 0.2) is 40.5 Å². The highest BCUT2D eigenvalue weighted by atomic mass is 35.5. The van der Waals surface area contributed by atoms with Crippen molar-refractivity contribution in [3.8, 4) is 0 Å². The van der Waals surface area contributed by atoms with Crippen LogP contribution in [0, 0.1) is 0 Å². The van der Waals surface area contributed by atoms with Gasteiger partial charge >= 0.3 is 0 Å². The molecule has 1 aliphatic carbocycles. The highest BCUT2D eigenvalue weighted by molar-refractivity contribution is 7.90. The van der Waals surface area contributed by atoms with Gasteiger partial charge < -0.3 is 0 Å². The highest BCUT2D eigenvalue weighted by Crippen LogP contribution is 2.35. The molecule has 1 aliphatic rings. The fourth-order valence-corrected chi connectivity index (χ4v) is 3.38. The molecule has 0 aliphatic heterocycles. The first-order chi connectivity index (χ1) is 9.04. The van der Waals surface area contributed by atoms with E-state index in [0.717, 1.165) is 5.56 Å². The summed E-state index contributed by atoms with van der Waals surface area (Å²) < 4.78 is 29.1. The molecule has 0 saturated carbocycles. The molecule has 0 bridgehead atoms. The second-order valence-electron chi connectivity index (χ2n) is 4.03. The summed E-state index contributed by atoms with van der Waals surface area (Å²) in [6.45, 7) is 1.76. The number of nitrogens with zero attached hydrogens (tertiary/aromatic N) is 1.